The third-order valence-electron chi connectivity index (χ3n) is 4.91. The third kappa shape index (κ3) is 2.36. The molecule has 0 aromatic carbocycles. The molecular weight excluding hydrogens is 224 g/mol. The highest BCUT2D eigenvalue weighted by Crippen LogP contribution is 2.44. The molecule has 1 N–H and O–H groups in total. The van der Waals surface area contributed by atoms with Crippen LogP contribution in [0.15, 0.2) is 11.6 Å². The molecule has 0 aromatic rings. The molecule has 1 atom stereocenters. The van der Waals surface area contributed by atoms with E-state index in [0.717, 1.165) is 25.9 Å². The van der Waals surface area contributed by atoms with E-state index in [9.17, 15) is 5.21 Å². The zero-order valence-electron chi connectivity index (χ0n) is 12.5. The molecule has 1 fully saturated rings. The molecule has 2 aliphatic heterocycles. The Kier molecular flexibility index (Phi) is 3.60. The number of hydrogen-bond donors (Lipinski definition) is 1. The van der Waals surface area contributed by atoms with Gasteiger partial charge in [0, 0.05) is 30.1 Å². The topological polar surface area (TPSA) is 26.7 Å². The molecule has 18 heavy (non-hydrogen) atoms. The van der Waals surface area contributed by atoms with Crippen LogP contribution in [0, 0.1) is 5.92 Å². The van der Waals surface area contributed by atoms with Crippen LogP contribution in [0.5, 0.6) is 0 Å². The first-order valence-electron chi connectivity index (χ1n) is 7.12. The van der Waals surface area contributed by atoms with Gasteiger partial charge in [-0.15, -0.1) is 0 Å². The summed E-state index contributed by atoms with van der Waals surface area (Å²) in [5.74, 6) is 0.490. The van der Waals surface area contributed by atoms with Crippen molar-refractivity contribution in [3.63, 3.8) is 0 Å². The number of hydroxylamine groups is 2. The van der Waals surface area contributed by atoms with E-state index >= 15 is 0 Å². The van der Waals surface area contributed by atoms with Gasteiger partial charge in [-0.3, -0.25) is 0 Å². The van der Waals surface area contributed by atoms with Gasteiger partial charge in [0.25, 0.3) is 0 Å². The van der Waals surface area contributed by atoms with E-state index in [1.807, 2.05) is 0 Å². The molecular formula is C15H28N2O. The van der Waals surface area contributed by atoms with Crippen LogP contribution in [0.25, 0.3) is 0 Å². The van der Waals surface area contributed by atoms with Crippen LogP contribution in [0.1, 0.15) is 47.0 Å². The van der Waals surface area contributed by atoms with Gasteiger partial charge < -0.3 is 10.1 Å². The number of hydrogen-bond acceptors (Lipinski definition) is 3. The molecule has 3 heteroatoms. The Bertz CT molecular complexity index is 346. The molecule has 0 bridgehead atoms. The second-order valence-electron chi connectivity index (χ2n) is 7.16. The zero-order valence-corrected chi connectivity index (χ0v) is 12.5. The molecule has 0 aromatic heterocycles. The molecule has 2 rings (SSSR count). The fourth-order valence-corrected chi connectivity index (χ4v) is 3.63. The summed E-state index contributed by atoms with van der Waals surface area (Å²) in [5, 5.41) is 12.1. The van der Waals surface area contributed by atoms with Crippen molar-refractivity contribution in [3.8, 4) is 0 Å². The number of likely N-dealkylation sites (N-methyl/N-ethyl adjacent to an activating group) is 1. The Morgan fingerprint density at radius 1 is 1.28 bits per heavy atom. The number of piperidine rings is 1. The standard InChI is InChI=1S/C15H28N2O/c1-14(2)9-6-13(15(3,4)17(14)18)12-7-10-16(5)11-8-12/h7,13,18H,6,8-11H2,1-5H3. The maximum Gasteiger partial charge on any atom is 0.0475 e. The van der Waals surface area contributed by atoms with E-state index in [1.54, 1.807) is 10.6 Å². The Hall–Kier alpha value is -0.380. The lowest BCUT2D eigenvalue weighted by atomic mass is 9.69. The van der Waals surface area contributed by atoms with Crippen molar-refractivity contribution in [3.05, 3.63) is 11.6 Å². The van der Waals surface area contributed by atoms with E-state index in [0.29, 0.717) is 5.92 Å². The predicted octanol–water partition coefficient (Wildman–Crippen LogP) is 2.91. The van der Waals surface area contributed by atoms with Crippen LogP contribution < -0.4 is 0 Å². The molecule has 1 saturated heterocycles. The predicted molar refractivity (Wildman–Crippen MR) is 74.7 cm³/mol. The largest absolute Gasteiger partial charge is 0.313 e. The normalized spacial score (nSPS) is 33.2. The van der Waals surface area contributed by atoms with Crippen LogP contribution in [0.4, 0.5) is 0 Å². The molecule has 0 spiro atoms. The maximum atomic E-state index is 10.5. The number of nitrogens with zero attached hydrogens (tertiary/aromatic N) is 2. The molecule has 0 radical (unpaired) electrons. The average Bonchev–Trinajstić information content (AvgIpc) is 2.28. The van der Waals surface area contributed by atoms with Gasteiger partial charge in [-0.2, -0.15) is 5.06 Å². The molecule has 1 unspecified atom stereocenters. The molecule has 104 valence electrons. The third-order valence-corrected chi connectivity index (χ3v) is 4.91. The van der Waals surface area contributed by atoms with Crippen molar-refractivity contribution in [2.75, 3.05) is 20.1 Å². The summed E-state index contributed by atoms with van der Waals surface area (Å²) in [6, 6.07) is 0. The minimum absolute atomic E-state index is 0.105. The van der Waals surface area contributed by atoms with Crippen LogP contribution in [-0.2, 0) is 0 Å². The average molecular weight is 252 g/mol. The monoisotopic (exact) mass is 252 g/mol. The van der Waals surface area contributed by atoms with Crippen molar-refractivity contribution in [1.82, 2.24) is 9.96 Å². The van der Waals surface area contributed by atoms with Gasteiger partial charge in [0.1, 0.15) is 0 Å². The van der Waals surface area contributed by atoms with Crippen LogP contribution in [0.2, 0.25) is 0 Å². The molecule has 0 saturated carbocycles. The second kappa shape index (κ2) is 4.62. The fourth-order valence-electron chi connectivity index (χ4n) is 3.63. The molecule has 0 amide bonds. The summed E-state index contributed by atoms with van der Waals surface area (Å²) in [6.45, 7) is 10.8. The van der Waals surface area contributed by atoms with Crippen molar-refractivity contribution in [2.45, 2.75) is 58.0 Å². The van der Waals surface area contributed by atoms with Crippen LogP contribution >= 0.6 is 0 Å². The van der Waals surface area contributed by atoms with Gasteiger partial charge in [0.05, 0.1) is 0 Å². The van der Waals surface area contributed by atoms with Crippen molar-refractivity contribution < 1.29 is 5.21 Å². The summed E-state index contributed by atoms with van der Waals surface area (Å²) < 4.78 is 0. The Labute approximate surface area is 111 Å². The maximum absolute atomic E-state index is 10.5. The Morgan fingerprint density at radius 3 is 2.50 bits per heavy atom. The van der Waals surface area contributed by atoms with E-state index in [1.165, 1.54) is 6.42 Å². The summed E-state index contributed by atoms with van der Waals surface area (Å²) in [7, 11) is 2.17. The minimum atomic E-state index is -0.163. The highest BCUT2D eigenvalue weighted by atomic mass is 16.5. The van der Waals surface area contributed by atoms with E-state index in [4.69, 9.17) is 0 Å². The Balaban J connectivity index is 2.20. The number of rotatable bonds is 1. The first-order chi connectivity index (χ1) is 8.25. The van der Waals surface area contributed by atoms with Gasteiger partial charge in [-0.25, -0.2) is 0 Å². The Morgan fingerprint density at radius 2 is 1.94 bits per heavy atom. The first-order valence-corrected chi connectivity index (χ1v) is 7.12. The highest BCUT2D eigenvalue weighted by molar-refractivity contribution is 5.18. The van der Waals surface area contributed by atoms with Gasteiger partial charge in [-0.05, 0) is 54.0 Å². The summed E-state index contributed by atoms with van der Waals surface area (Å²) in [6.07, 6.45) is 5.78. The van der Waals surface area contributed by atoms with E-state index in [-0.39, 0.29) is 11.1 Å². The van der Waals surface area contributed by atoms with Crippen molar-refractivity contribution in [2.24, 2.45) is 5.92 Å². The smallest absolute Gasteiger partial charge is 0.0475 e. The van der Waals surface area contributed by atoms with E-state index in [2.05, 4.69) is 45.7 Å². The second-order valence-corrected chi connectivity index (χ2v) is 7.16. The first kappa shape index (κ1) is 14.0. The fraction of sp³-hybridized carbons (Fsp3) is 0.867. The summed E-state index contributed by atoms with van der Waals surface area (Å²) in [5.41, 5.74) is 1.28. The quantitative estimate of drug-likeness (QED) is 0.727. The van der Waals surface area contributed by atoms with Crippen LogP contribution in [0.3, 0.4) is 0 Å². The van der Waals surface area contributed by atoms with E-state index < -0.39 is 0 Å². The van der Waals surface area contributed by atoms with Crippen molar-refractivity contribution in [1.29, 1.82) is 0 Å². The molecule has 3 nitrogen and oxygen atoms in total. The molecule has 2 heterocycles. The zero-order chi connectivity index (χ0) is 13.6. The van der Waals surface area contributed by atoms with Crippen molar-refractivity contribution >= 4 is 0 Å². The molecule has 0 aliphatic carbocycles. The van der Waals surface area contributed by atoms with Gasteiger partial charge in [0.15, 0.2) is 0 Å². The summed E-state index contributed by atoms with van der Waals surface area (Å²) >= 11 is 0. The summed E-state index contributed by atoms with van der Waals surface area (Å²) in [4.78, 5) is 2.35. The van der Waals surface area contributed by atoms with Gasteiger partial charge in [-0.1, -0.05) is 11.6 Å². The molecule has 2 aliphatic rings. The van der Waals surface area contributed by atoms with Gasteiger partial charge >= 0.3 is 0 Å². The van der Waals surface area contributed by atoms with Gasteiger partial charge in [0.2, 0.25) is 0 Å². The minimum Gasteiger partial charge on any atom is -0.313 e. The lowest BCUT2D eigenvalue weighted by Gasteiger charge is -2.54. The lowest BCUT2D eigenvalue weighted by molar-refractivity contribution is -0.254. The van der Waals surface area contributed by atoms with Crippen LogP contribution in [-0.4, -0.2) is 46.4 Å². The highest BCUT2D eigenvalue weighted by Gasteiger charge is 2.47. The SMILES string of the molecule is CN1CC=C(C2CCC(C)(C)N(O)C2(C)C)CC1. The lowest BCUT2D eigenvalue weighted by Crippen LogP contribution is -2.61.